The molecule has 0 unspecified atom stereocenters. The molecule has 24 heavy (non-hydrogen) atoms. The molecule has 3 rings (SSSR count). The van der Waals surface area contributed by atoms with Crippen LogP contribution in [0.25, 0.3) is 10.8 Å². The lowest BCUT2D eigenvalue weighted by Gasteiger charge is -2.35. The van der Waals surface area contributed by atoms with Gasteiger partial charge < -0.3 is 19.8 Å². The lowest BCUT2D eigenvalue weighted by molar-refractivity contribution is -0.136. The Bertz CT molecular complexity index is 633. The van der Waals surface area contributed by atoms with Crippen LogP contribution >= 0.6 is 23.7 Å². The van der Waals surface area contributed by atoms with Crippen LogP contribution in [0, 0.1) is 5.41 Å². The van der Waals surface area contributed by atoms with Crippen molar-refractivity contribution in [3.05, 3.63) is 29.5 Å². The first kappa shape index (κ1) is 18.9. The van der Waals surface area contributed by atoms with Gasteiger partial charge in [0.05, 0.1) is 29.1 Å². The summed E-state index contributed by atoms with van der Waals surface area (Å²) in [6.45, 7) is 2.49. The maximum Gasteiger partial charge on any atom is 0.236 e. The van der Waals surface area contributed by atoms with Gasteiger partial charge in [0.2, 0.25) is 11.8 Å². The summed E-state index contributed by atoms with van der Waals surface area (Å²) < 4.78 is 10.8. The average Bonchev–Trinajstić information content (AvgIpc) is 3.25. The summed E-state index contributed by atoms with van der Waals surface area (Å²) in [5.74, 6) is 0.624. The number of rotatable bonds is 6. The number of thiophene rings is 1. The number of carbonyl (C=O) groups excluding carboxylic acids is 1. The van der Waals surface area contributed by atoms with Crippen LogP contribution in [0.4, 0.5) is 0 Å². The Hall–Kier alpha value is -1.41. The Balaban J connectivity index is 0.00000208. The number of piperidine rings is 1. The Labute approximate surface area is 151 Å². The summed E-state index contributed by atoms with van der Waals surface area (Å²) in [5.41, 5.74) is 0.281. The predicted octanol–water partition coefficient (Wildman–Crippen LogP) is 2.46. The summed E-state index contributed by atoms with van der Waals surface area (Å²) in [4.78, 5) is 18.1. The monoisotopic (exact) mass is 371 g/mol. The first-order valence-corrected chi connectivity index (χ1v) is 8.58. The van der Waals surface area contributed by atoms with E-state index in [4.69, 9.17) is 9.15 Å². The third kappa shape index (κ3) is 4.16. The molecule has 1 fully saturated rings. The Morgan fingerprint density at radius 2 is 2.29 bits per heavy atom. The molecule has 2 aromatic heterocycles. The number of hydrogen-bond acceptors (Lipinski definition) is 6. The molecule has 0 spiro atoms. The van der Waals surface area contributed by atoms with E-state index < -0.39 is 5.41 Å². The standard InChI is InChI=1S/C16H21N3O3S.ClH/c1-21-11-16(4-6-17-7-5-16)15(20)18-9-12-10-22-14(19-12)13-3-2-8-23-13;/h2-3,8,10,17H,4-7,9,11H2,1H3,(H,18,20);1H. The van der Waals surface area contributed by atoms with Crippen molar-refractivity contribution in [3.8, 4) is 10.8 Å². The minimum atomic E-state index is -0.444. The molecule has 2 aromatic rings. The van der Waals surface area contributed by atoms with Crippen LogP contribution in [0.15, 0.2) is 28.2 Å². The van der Waals surface area contributed by atoms with Gasteiger partial charge in [0.25, 0.3) is 0 Å². The molecule has 3 heterocycles. The zero-order chi connectivity index (χ0) is 16.1. The molecule has 1 saturated heterocycles. The molecule has 0 aliphatic carbocycles. The van der Waals surface area contributed by atoms with Gasteiger partial charge in [-0.25, -0.2) is 4.98 Å². The summed E-state index contributed by atoms with van der Waals surface area (Å²) in [6.07, 6.45) is 3.17. The lowest BCUT2D eigenvalue weighted by atomic mass is 9.78. The first-order valence-electron chi connectivity index (χ1n) is 7.70. The molecule has 132 valence electrons. The van der Waals surface area contributed by atoms with Crippen LogP contribution in [0.3, 0.4) is 0 Å². The maximum atomic E-state index is 12.6. The number of methoxy groups -OCH3 is 1. The van der Waals surface area contributed by atoms with E-state index in [1.807, 2.05) is 17.5 Å². The predicted molar refractivity (Wildman–Crippen MR) is 95.3 cm³/mol. The number of ether oxygens (including phenoxy) is 1. The molecule has 2 N–H and O–H groups in total. The molecular formula is C16H22ClN3O3S. The quantitative estimate of drug-likeness (QED) is 0.815. The van der Waals surface area contributed by atoms with E-state index in [0.29, 0.717) is 19.0 Å². The van der Waals surface area contributed by atoms with E-state index in [-0.39, 0.29) is 18.3 Å². The van der Waals surface area contributed by atoms with Crippen molar-refractivity contribution in [1.29, 1.82) is 0 Å². The van der Waals surface area contributed by atoms with Gasteiger partial charge in [0, 0.05) is 7.11 Å². The molecular weight excluding hydrogens is 350 g/mol. The second kappa shape index (κ2) is 8.62. The van der Waals surface area contributed by atoms with Gasteiger partial charge in [-0.3, -0.25) is 4.79 Å². The second-order valence-corrected chi connectivity index (χ2v) is 6.72. The van der Waals surface area contributed by atoms with Crippen LogP contribution in [0.5, 0.6) is 0 Å². The van der Waals surface area contributed by atoms with Crippen molar-refractivity contribution in [2.24, 2.45) is 5.41 Å². The third-order valence-corrected chi connectivity index (χ3v) is 5.03. The molecule has 0 bridgehead atoms. The summed E-state index contributed by atoms with van der Waals surface area (Å²) in [6, 6.07) is 3.92. The number of amides is 1. The van der Waals surface area contributed by atoms with E-state index in [1.54, 1.807) is 24.7 Å². The second-order valence-electron chi connectivity index (χ2n) is 5.77. The highest BCUT2D eigenvalue weighted by atomic mass is 35.5. The van der Waals surface area contributed by atoms with Gasteiger partial charge in [0.15, 0.2) is 0 Å². The maximum absolute atomic E-state index is 12.6. The zero-order valence-electron chi connectivity index (χ0n) is 13.5. The Morgan fingerprint density at radius 1 is 1.50 bits per heavy atom. The van der Waals surface area contributed by atoms with Crippen molar-refractivity contribution >= 4 is 29.7 Å². The van der Waals surface area contributed by atoms with Crippen molar-refractivity contribution in [2.75, 3.05) is 26.8 Å². The van der Waals surface area contributed by atoms with Crippen LogP contribution in [-0.4, -0.2) is 37.7 Å². The normalized spacial score (nSPS) is 16.4. The third-order valence-electron chi connectivity index (χ3n) is 4.18. The summed E-state index contributed by atoms with van der Waals surface area (Å²) in [5, 5.41) is 8.25. The molecule has 0 aromatic carbocycles. The number of carbonyl (C=O) groups is 1. The van der Waals surface area contributed by atoms with Crippen LogP contribution in [0.1, 0.15) is 18.5 Å². The van der Waals surface area contributed by atoms with Crippen molar-refractivity contribution < 1.29 is 13.9 Å². The number of nitrogens with one attached hydrogen (secondary N) is 2. The van der Waals surface area contributed by atoms with E-state index in [2.05, 4.69) is 15.6 Å². The Morgan fingerprint density at radius 3 is 2.96 bits per heavy atom. The minimum absolute atomic E-state index is 0. The zero-order valence-corrected chi connectivity index (χ0v) is 15.2. The molecule has 6 nitrogen and oxygen atoms in total. The van der Waals surface area contributed by atoms with Gasteiger partial charge >= 0.3 is 0 Å². The number of aromatic nitrogens is 1. The molecule has 0 atom stereocenters. The largest absolute Gasteiger partial charge is 0.443 e. The van der Waals surface area contributed by atoms with Gasteiger partial charge in [0.1, 0.15) is 6.26 Å². The summed E-state index contributed by atoms with van der Waals surface area (Å²) >= 11 is 1.58. The van der Waals surface area contributed by atoms with E-state index in [9.17, 15) is 4.79 Å². The van der Waals surface area contributed by atoms with Crippen LogP contribution in [-0.2, 0) is 16.1 Å². The number of oxazole rings is 1. The van der Waals surface area contributed by atoms with Gasteiger partial charge in [-0.05, 0) is 37.4 Å². The van der Waals surface area contributed by atoms with Gasteiger partial charge in [-0.15, -0.1) is 23.7 Å². The smallest absolute Gasteiger partial charge is 0.236 e. The fraction of sp³-hybridized carbons (Fsp3) is 0.500. The molecule has 0 radical (unpaired) electrons. The summed E-state index contributed by atoms with van der Waals surface area (Å²) in [7, 11) is 1.64. The number of hydrogen-bond donors (Lipinski definition) is 2. The average molecular weight is 372 g/mol. The SMILES string of the molecule is COCC1(C(=O)NCc2coc(-c3cccs3)n2)CCNCC1.Cl. The van der Waals surface area contributed by atoms with E-state index in [0.717, 1.165) is 36.5 Å². The van der Waals surface area contributed by atoms with Crippen molar-refractivity contribution in [3.63, 3.8) is 0 Å². The number of nitrogens with zero attached hydrogens (tertiary/aromatic N) is 1. The number of halogens is 1. The fourth-order valence-electron chi connectivity index (χ4n) is 2.88. The topological polar surface area (TPSA) is 76.4 Å². The highest BCUT2D eigenvalue weighted by Gasteiger charge is 2.39. The lowest BCUT2D eigenvalue weighted by Crippen LogP contribution is -2.50. The van der Waals surface area contributed by atoms with Gasteiger partial charge in [-0.1, -0.05) is 6.07 Å². The van der Waals surface area contributed by atoms with Crippen molar-refractivity contribution in [2.45, 2.75) is 19.4 Å². The highest BCUT2D eigenvalue weighted by Crippen LogP contribution is 2.29. The highest BCUT2D eigenvalue weighted by molar-refractivity contribution is 7.13. The van der Waals surface area contributed by atoms with Crippen LogP contribution < -0.4 is 10.6 Å². The molecule has 1 amide bonds. The van der Waals surface area contributed by atoms with Crippen molar-refractivity contribution in [1.82, 2.24) is 15.6 Å². The molecule has 1 aliphatic heterocycles. The van der Waals surface area contributed by atoms with E-state index in [1.165, 1.54) is 0 Å². The fourth-order valence-corrected chi connectivity index (χ4v) is 3.53. The first-order chi connectivity index (χ1) is 11.2. The van der Waals surface area contributed by atoms with Crippen LogP contribution in [0.2, 0.25) is 0 Å². The molecule has 0 saturated carbocycles. The van der Waals surface area contributed by atoms with Gasteiger partial charge in [-0.2, -0.15) is 0 Å². The molecule has 1 aliphatic rings. The Kier molecular flexibility index (Phi) is 6.79. The molecule has 8 heteroatoms. The van der Waals surface area contributed by atoms with E-state index >= 15 is 0 Å². The minimum Gasteiger partial charge on any atom is -0.443 e.